The number of rotatable bonds is 6. The van der Waals surface area contributed by atoms with Crippen LogP contribution < -0.4 is 15.6 Å². The van der Waals surface area contributed by atoms with E-state index in [4.69, 9.17) is 4.74 Å². The summed E-state index contributed by atoms with van der Waals surface area (Å²) in [7, 11) is 3.65. The lowest BCUT2D eigenvalue weighted by atomic mass is 10.1. The summed E-state index contributed by atoms with van der Waals surface area (Å²) in [5, 5.41) is 6.95. The smallest absolute Gasteiger partial charge is 0.274 e. The molecule has 0 aliphatic rings. The average molecular weight is 408 g/mol. The fraction of sp³-hybridized carbons (Fsp3) is 0.333. The van der Waals surface area contributed by atoms with Gasteiger partial charge in [0.05, 0.1) is 13.5 Å². The summed E-state index contributed by atoms with van der Waals surface area (Å²) < 4.78 is 8.65. The van der Waals surface area contributed by atoms with Crippen LogP contribution in [0.3, 0.4) is 0 Å². The zero-order chi connectivity index (χ0) is 21.4. The van der Waals surface area contributed by atoms with Crippen LogP contribution in [-0.4, -0.2) is 43.2 Å². The maximum Gasteiger partial charge on any atom is 0.274 e. The zero-order valence-electron chi connectivity index (χ0n) is 17.4. The number of aryl methyl sites for hydroxylation is 2. The van der Waals surface area contributed by atoms with Crippen molar-refractivity contribution in [1.82, 2.24) is 29.5 Å². The van der Waals surface area contributed by atoms with Crippen molar-refractivity contribution < 1.29 is 9.53 Å². The summed E-state index contributed by atoms with van der Waals surface area (Å²) in [6, 6.07) is 7.31. The fourth-order valence-electron chi connectivity index (χ4n) is 3.72. The van der Waals surface area contributed by atoms with E-state index >= 15 is 0 Å². The van der Waals surface area contributed by atoms with Gasteiger partial charge in [0, 0.05) is 41.9 Å². The molecule has 1 amide bonds. The second-order valence-corrected chi connectivity index (χ2v) is 7.54. The first-order valence-corrected chi connectivity index (χ1v) is 9.70. The summed E-state index contributed by atoms with van der Waals surface area (Å²) in [6.45, 7) is 3.69. The van der Waals surface area contributed by atoms with Crippen LogP contribution >= 0.6 is 0 Å². The highest BCUT2D eigenvalue weighted by molar-refractivity contribution is 5.85. The Morgan fingerprint density at radius 2 is 2.10 bits per heavy atom. The molecular weight excluding hydrogens is 384 g/mol. The largest absolute Gasteiger partial charge is 0.497 e. The highest BCUT2D eigenvalue weighted by Gasteiger charge is 2.15. The summed E-state index contributed by atoms with van der Waals surface area (Å²) in [5.74, 6) is 1.28. The Bertz CT molecular complexity index is 1300. The van der Waals surface area contributed by atoms with Crippen molar-refractivity contribution in [3.63, 3.8) is 0 Å². The van der Waals surface area contributed by atoms with E-state index in [-0.39, 0.29) is 29.7 Å². The van der Waals surface area contributed by atoms with Crippen molar-refractivity contribution in [3.8, 4) is 5.75 Å². The van der Waals surface area contributed by atoms with Gasteiger partial charge in [0.25, 0.3) is 11.3 Å². The maximum absolute atomic E-state index is 12.5. The van der Waals surface area contributed by atoms with E-state index < -0.39 is 0 Å². The minimum atomic E-state index is -0.253. The molecule has 0 saturated heterocycles. The van der Waals surface area contributed by atoms with Gasteiger partial charge < -0.3 is 14.6 Å². The summed E-state index contributed by atoms with van der Waals surface area (Å²) >= 11 is 0. The maximum atomic E-state index is 12.5. The molecule has 0 saturated carbocycles. The predicted octanol–water partition coefficient (Wildman–Crippen LogP) is 1.52. The Balaban J connectivity index is 1.46. The van der Waals surface area contributed by atoms with E-state index in [2.05, 4.69) is 31.1 Å². The number of amides is 1. The van der Waals surface area contributed by atoms with Crippen molar-refractivity contribution in [2.45, 2.75) is 32.7 Å². The number of carbonyl (C=O) groups excluding carboxylic acids is 1. The second-order valence-electron chi connectivity index (χ2n) is 7.54. The molecule has 0 spiro atoms. The van der Waals surface area contributed by atoms with Gasteiger partial charge >= 0.3 is 0 Å². The highest BCUT2D eigenvalue weighted by atomic mass is 16.5. The van der Waals surface area contributed by atoms with Crippen molar-refractivity contribution in [2.75, 3.05) is 7.11 Å². The summed E-state index contributed by atoms with van der Waals surface area (Å²) in [4.78, 5) is 32.9. The van der Waals surface area contributed by atoms with Crippen LogP contribution in [0.5, 0.6) is 5.75 Å². The molecule has 0 fully saturated rings. The minimum absolute atomic E-state index is 0.0372. The normalized spacial score (nSPS) is 12.4. The van der Waals surface area contributed by atoms with Gasteiger partial charge in [0.2, 0.25) is 5.91 Å². The number of aromatic amines is 1. The van der Waals surface area contributed by atoms with Gasteiger partial charge in [-0.3, -0.25) is 14.7 Å². The van der Waals surface area contributed by atoms with E-state index in [9.17, 15) is 9.59 Å². The first-order valence-electron chi connectivity index (χ1n) is 9.70. The third kappa shape index (κ3) is 3.78. The second kappa shape index (κ2) is 7.66. The summed E-state index contributed by atoms with van der Waals surface area (Å²) in [5.41, 5.74) is 2.58. The number of fused-ring (bicyclic) bond motifs is 2. The lowest BCUT2D eigenvalue weighted by molar-refractivity contribution is -0.121. The SMILES string of the molecule is COc1ccc2c(c1)c(CC(C)NC(=O)Cc1nc3nc(C)cc(=O)n3[nH]1)cn2C. The van der Waals surface area contributed by atoms with Gasteiger partial charge in [-0.1, -0.05) is 0 Å². The number of aromatic nitrogens is 5. The molecule has 30 heavy (non-hydrogen) atoms. The first-order chi connectivity index (χ1) is 14.3. The van der Waals surface area contributed by atoms with E-state index in [0.717, 1.165) is 22.2 Å². The van der Waals surface area contributed by atoms with Gasteiger partial charge in [0.15, 0.2) is 0 Å². The van der Waals surface area contributed by atoms with Crippen molar-refractivity contribution in [2.24, 2.45) is 7.05 Å². The van der Waals surface area contributed by atoms with Crippen LogP contribution in [0.25, 0.3) is 16.7 Å². The predicted molar refractivity (Wildman–Crippen MR) is 113 cm³/mol. The number of carbonyl (C=O) groups is 1. The van der Waals surface area contributed by atoms with E-state index in [0.29, 0.717) is 17.9 Å². The Kier molecular flexibility index (Phi) is 5.03. The van der Waals surface area contributed by atoms with Gasteiger partial charge in [-0.15, -0.1) is 0 Å². The number of methoxy groups -OCH3 is 1. The van der Waals surface area contributed by atoms with Gasteiger partial charge in [-0.25, -0.2) is 4.98 Å². The number of hydrogen-bond donors (Lipinski definition) is 2. The van der Waals surface area contributed by atoms with Crippen LogP contribution in [-0.2, 0) is 24.7 Å². The number of benzene rings is 1. The van der Waals surface area contributed by atoms with Crippen LogP contribution in [0.4, 0.5) is 0 Å². The molecule has 1 aromatic carbocycles. The van der Waals surface area contributed by atoms with Crippen LogP contribution in [0, 0.1) is 6.92 Å². The fourth-order valence-corrected chi connectivity index (χ4v) is 3.72. The third-order valence-electron chi connectivity index (χ3n) is 5.05. The quantitative estimate of drug-likeness (QED) is 0.503. The van der Waals surface area contributed by atoms with E-state index in [1.165, 1.54) is 10.6 Å². The van der Waals surface area contributed by atoms with E-state index in [1.54, 1.807) is 14.0 Å². The molecule has 3 heterocycles. The van der Waals surface area contributed by atoms with Gasteiger partial charge in [-0.05, 0) is 44.0 Å². The standard InChI is InChI=1S/C21H24N6O3/c1-12(7-14-11-26(3)17-6-5-15(30-4)9-16(14)17)22-19(28)10-18-24-21-23-13(2)8-20(29)27(21)25-18/h5-6,8-9,11-12H,7,10H2,1-4H3,(H,22,28)(H,23,24,25). The number of hydrogen-bond acceptors (Lipinski definition) is 5. The Hall–Kier alpha value is -3.62. The zero-order valence-corrected chi connectivity index (χ0v) is 17.4. The Morgan fingerprint density at radius 1 is 1.30 bits per heavy atom. The molecule has 0 aliphatic heterocycles. The molecule has 0 radical (unpaired) electrons. The average Bonchev–Trinajstić information content (AvgIpc) is 3.22. The lowest BCUT2D eigenvalue weighted by Crippen LogP contribution is -2.35. The van der Waals surface area contributed by atoms with Crippen molar-refractivity contribution >= 4 is 22.6 Å². The molecule has 4 aromatic rings. The molecule has 156 valence electrons. The first kappa shape index (κ1) is 19.7. The molecule has 2 N–H and O–H groups in total. The monoisotopic (exact) mass is 408 g/mol. The molecule has 9 heteroatoms. The van der Waals surface area contributed by atoms with E-state index in [1.807, 2.05) is 32.2 Å². The number of ether oxygens (including phenoxy) is 1. The lowest BCUT2D eigenvalue weighted by Gasteiger charge is -2.13. The van der Waals surface area contributed by atoms with Gasteiger partial charge in [0.1, 0.15) is 11.6 Å². The molecule has 1 atom stereocenters. The van der Waals surface area contributed by atoms with Crippen molar-refractivity contribution in [1.29, 1.82) is 0 Å². The van der Waals surface area contributed by atoms with Crippen LogP contribution in [0.1, 0.15) is 24.0 Å². The third-order valence-corrected chi connectivity index (χ3v) is 5.05. The topological polar surface area (TPSA) is 106 Å². The number of nitrogens with zero attached hydrogens (tertiary/aromatic N) is 4. The molecule has 9 nitrogen and oxygen atoms in total. The molecule has 0 bridgehead atoms. The summed E-state index contributed by atoms with van der Waals surface area (Å²) in [6.07, 6.45) is 2.79. The Labute approximate surface area is 172 Å². The number of nitrogens with one attached hydrogen (secondary N) is 2. The van der Waals surface area contributed by atoms with Gasteiger partial charge in [-0.2, -0.15) is 9.50 Å². The van der Waals surface area contributed by atoms with Crippen molar-refractivity contribution in [3.05, 3.63) is 57.9 Å². The molecule has 0 aliphatic carbocycles. The molecule has 3 aromatic heterocycles. The minimum Gasteiger partial charge on any atom is -0.497 e. The highest BCUT2D eigenvalue weighted by Crippen LogP contribution is 2.26. The molecule has 1 unspecified atom stereocenters. The van der Waals surface area contributed by atoms with Crippen LogP contribution in [0.15, 0.2) is 35.3 Å². The Morgan fingerprint density at radius 3 is 2.87 bits per heavy atom. The molecule has 4 rings (SSSR count). The van der Waals surface area contributed by atoms with Crippen LogP contribution in [0.2, 0.25) is 0 Å². The number of H-pyrrole nitrogens is 1. The molecular formula is C21H24N6O3.